The van der Waals surface area contributed by atoms with E-state index in [0.29, 0.717) is 24.5 Å². The van der Waals surface area contributed by atoms with Gasteiger partial charge in [-0.3, -0.25) is 0 Å². The number of rotatable bonds is 1. The Kier molecular flexibility index (Phi) is 2.30. The summed E-state index contributed by atoms with van der Waals surface area (Å²) in [6.07, 6.45) is 0. The lowest BCUT2D eigenvalue weighted by Gasteiger charge is -2.19. The fourth-order valence-electron chi connectivity index (χ4n) is 1.43. The van der Waals surface area contributed by atoms with E-state index in [-0.39, 0.29) is 10.6 Å². The van der Waals surface area contributed by atoms with Crippen molar-refractivity contribution in [1.29, 1.82) is 0 Å². The molecule has 15 heavy (non-hydrogen) atoms. The molecule has 6 heteroatoms. The summed E-state index contributed by atoms with van der Waals surface area (Å²) >= 11 is 0. The molecule has 0 fully saturated rings. The molecule has 1 aromatic rings. The van der Waals surface area contributed by atoms with Gasteiger partial charge in [0.15, 0.2) is 11.5 Å². The first kappa shape index (κ1) is 10.2. The molecule has 1 aliphatic heterocycles. The summed E-state index contributed by atoms with van der Waals surface area (Å²) in [6.45, 7) is 2.25. The molecule has 0 radical (unpaired) electrons. The molecule has 0 N–H and O–H groups in total. The largest absolute Gasteiger partial charge is 0.486 e. The van der Waals surface area contributed by atoms with E-state index in [2.05, 4.69) is 0 Å². The van der Waals surface area contributed by atoms with Crippen molar-refractivity contribution in [2.45, 2.75) is 11.8 Å². The predicted octanol–water partition coefficient (Wildman–Crippen LogP) is 1.42. The minimum atomic E-state index is -4.70. The van der Waals surface area contributed by atoms with Gasteiger partial charge in [-0.15, -0.1) is 3.89 Å². The molecule has 0 aliphatic carbocycles. The normalized spacial score (nSPS) is 15.1. The number of benzene rings is 1. The summed E-state index contributed by atoms with van der Waals surface area (Å²) in [5.74, 6) is 0.717. The molecule has 0 saturated carbocycles. The third-order valence-electron chi connectivity index (χ3n) is 2.10. The number of fused-ring (bicyclic) bond motifs is 1. The van der Waals surface area contributed by atoms with Gasteiger partial charge in [-0.05, 0) is 18.6 Å². The van der Waals surface area contributed by atoms with Crippen LogP contribution in [-0.2, 0) is 10.2 Å². The van der Waals surface area contributed by atoms with Gasteiger partial charge < -0.3 is 9.47 Å². The second-order valence-electron chi connectivity index (χ2n) is 3.20. The SMILES string of the molecule is Cc1cc2c(cc1S(=O)(=O)F)OCCO2. The van der Waals surface area contributed by atoms with Crippen LogP contribution in [0, 0.1) is 6.92 Å². The lowest BCUT2D eigenvalue weighted by atomic mass is 10.2. The smallest absolute Gasteiger partial charge is 0.332 e. The molecule has 2 rings (SSSR count). The molecule has 0 spiro atoms. The number of hydrogen-bond donors (Lipinski definition) is 0. The summed E-state index contributed by atoms with van der Waals surface area (Å²) in [7, 11) is -4.70. The number of aryl methyl sites for hydroxylation is 1. The van der Waals surface area contributed by atoms with Gasteiger partial charge >= 0.3 is 10.2 Å². The van der Waals surface area contributed by atoms with E-state index in [1.165, 1.54) is 13.0 Å². The molecule has 0 bridgehead atoms. The minimum Gasteiger partial charge on any atom is -0.486 e. The van der Waals surface area contributed by atoms with Gasteiger partial charge in [0.25, 0.3) is 0 Å². The molecule has 1 aromatic carbocycles. The third-order valence-corrected chi connectivity index (χ3v) is 3.07. The van der Waals surface area contributed by atoms with E-state index in [1.807, 2.05) is 0 Å². The molecule has 0 atom stereocenters. The quantitative estimate of drug-likeness (QED) is 0.687. The van der Waals surface area contributed by atoms with Crippen LogP contribution in [0.3, 0.4) is 0 Å². The van der Waals surface area contributed by atoms with Crippen molar-refractivity contribution in [2.24, 2.45) is 0 Å². The number of halogens is 1. The lowest BCUT2D eigenvalue weighted by Crippen LogP contribution is -2.16. The second-order valence-corrected chi connectivity index (χ2v) is 4.51. The Morgan fingerprint density at radius 3 is 2.27 bits per heavy atom. The fourth-order valence-corrected chi connectivity index (χ4v) is 2.13. The van der Waals surface area contributed by atoms with E-state index in [9.17, 15) is 12.3 Å². The van der Waals surface area contributed by atoms with Crippen LogP contribution >= 0.6 is 0 Å². The molecule has 0 unspecified atom stereocenters. The van der Waals surface area contributed by atoms with Gasteiger partial charge in [0, 0.05) is 6.07 Å². The van der Waals surface area contributed by atoms with E-state index in [0.717, 1.165) is 6.07 Å². The van der Waals surface area contributed by atoms with E-state index in [4.69, 9.17) is 9.47 Å². The first-order chi connectivity index (χ1) is 6.98. The van der Waals surface area contributed by atoms with Crippen LogP contribution in [0.1, 0.15) is 5.56 Å². The summed E-state index contributed by atoms with van der Waals surface area (Å²) in [4.78, 5) is -0.369. The highest BCUT2D eigenvalue weighted by Crippen LogP contribution is 2.35. The first-order valence-corrected chi connectivity index (χ1v) is 5.72. The molecule has 0 amide bonds. The van der Waals surface area contributed by atoms with Crippen molar-refractivity contribution < 1.29 is 21.8 Å². The molecule has 0 saturated heterocycles. The van der Waals surface area contributed by atoms with Gasteiger partial charge in [-0.25, -0.2) is 0 Å². The molecule has 1 heterocycles. The van der Waals surface area contributed by atoms with Gasteiger partial charge in [0.2, 0.25) is 0 Å². The maximum atomic E-state index is 12.8. The molecule has 4 nitrogen and oxygen atoms in total. The Labute approximate surface area is 86.8 Å². The standard InChI is InChI=1S/C9H9FO4S/c1-6-4-7-8(14-3-2-13-7)5-9(6)15(10,11)12/h4-5H,2-3H2,1H3. The average molecular weight is 232 g/mol. The maximum absolute atomic E-state index is 12.8. The van der Waals surface area contributed by atoms with Gasteiger partial charge in [-0.2, -0.15) is 8.42 Å². The molecule has 0 aromatic heterocycles. The summed E-state index contributed by atoms with van der Waals surface area (Å²) in [5, 5.41) is 0. The molecule has 1 aliphatic rings. The summed E-state index contributed by atoms with van der Waals surface area (Å²) in [6, 6.07) is 2.61. The zero-order valence-electron chi connectivity index (χ0n) is 7.99. The monoisotopic (exact) mass is 232 g/mol. The van der Waals surface area contributed by atoms with Crippen molar-refractivity contribution >= 4 is 10.2 Å². The van der Waals surface area contributed by atoms with Crippen molar-refractivity contribution in [3.05, 3.63) is 17.7 Å². The Bertz CT molecular complexity index is 495. The molecular weight excluding hydrogens is 223 g/mol. The average Bonchev–Trinajstić information content (AvgIpc) is 2.15. The van der Waals surface area contributed by atoms with Crippen molar-refractivity contribution in [3.63, 3.8) is 0 Å². The van der Waals surface area contributed by atoms with E-state index < -0.39 is 10.2 Å². The zero-order chi connectivity index (χ0) is 11.1. The van der Waals surface area contributed by atoms with Crippen LogP contribution in [0.2, 0.25) is 0 Å². The van der Waals surface area contributed by atoms with Gasteiger partial charge in [-0.1, -0.05) is 0 Å². The third kappa shape index (κ3) is 1.90. The number of ether oxygens (including phenoxy) is 2. The highest BCUT2D eigenvalue weighted by Gasteiger charge is 2.21. The highest BCUT2D eigenvalue weighted by atomic mass is 32.3. The van der Waals surface area contributed by atoms with Crippen LogP contribution in [0.15, 0.2) is 17.0 Å². The Balaban J connectivity index is 2.60. The summed E-state index contributed by atoms with van der Waals surface area (Å²) < 4.78 is 44.8. The Morgan fingerprint density at radius 1 is 1.20 bits per heavy atom. The zero-order valence-corrected chi connectivity index (χ0v) is 8.80. The fraction of sp³-hybridized carbons (Fsp3) is 0.333. The van der Waals surface area contributed by atoms with Crippen LogP contribution in [0.4, 0.5) is 3.89 Å². The van der Waals surface area contributed by atoms with Crippen LogP contribution in [0.5, 0.6) is 11.5 Å². The second kappa shape index (κ2) is 3.37. The number of hydrogen-bond acceptors (Lipinski definition) is 4. The molecule has 82 valence electrons. The van der Waals surface area contributed by atoms with Crippen molar-refractivity contribution in [1.82, 2.24) is 0 Å². The first-order valence-electron chi connectivity index (χ1n) is 4.33. The summed E-state index contributed by atoms with van der Waals surface area (Å²) in [5.41, 5.74) is 0.307. The lowest BCUT2D eigenvalue weighted by molar-refractivity contribution is 0.171. The van der Waals surface area contributed by atoms with Crippen molar-refractivity contribution in [3.8, 4) is 11.5 Å². The van der Waals surface area contributed by atoms with Crippen LogP contribution in [-0.4, -0.2) is 21.6 Å². The molecular formula is C9H9FO4S. The van der Waals surface area contributed by atoms with Crippen LogP contribution in [0.25, 0.3) is 0 Å². The Morgan fingerprint density at radius 2 is 1.73 bits per heavy atom. The van der Waals surface area contributed by atoms with Gasteiger partial charge in [0.1, 0.15) is 18.1 Å². The van der Waals surface area contributed by atoms with Gasteiger partial charge in [0.05, 0.1) is 0 Å². The van der Waals surface area contributed by atoms with Crippen LogP contribution < -0.4 is 9.47 Å². The predicted molar refractivity (Wildman–Crippen MR) is 50.5 cm³/mol. The van der Waals surface area contributed by atoms with E-state index in [1.54, 1.807) is 0 Å². The van der Waals surface area contributed by atoms with Crippen molar-refractivity contribution in [2.75, 3.05) is 13.2 Å². The highest BCUT2D eigenvalue weighted by molar-refractivity contribution is 7.86. The Hall–Kier alpha value is -1.30. The van der Waals surface area contributed by atoms with E-state index >= 15 is 0 Å². The maximum Gasteiger partial charge on any atom is 0.332 e. The topological polar surface area (TPSA) is 52.6 Å². The minimum absolute atomic E-state index is 0.267.